The van der Waals surface area contributed by atoms with Crippen LogP contribution < -0.4 is 25.6 Å². The highest BCUT2D eigenvalue weighted by Gasteiger charge is 2.28. The van der Waals surface area contributed by atoms with Gasteiger partial charge in [-0.2, -0.15) is 0 Å². The van der Waals surface area contributed by atoms with Gasteiger partial charge < -0.3 is 23.2 Å². The average Bonchev–Trinajstić information content (AvgIpc) is 2.82. The Bertz CT molecular complexity index is 1610. The van der Waals surface area contributed by atoms with E-state index in [4.69, 9.17) is 18.3 Å². The second-order valence-electron chi connectivity index (χ2n) is 7.44. The Morgan fingerprint density at radius 3 is 2.09 bits per heavy atom. The summed E-state index contributed by atoms with van der Waals surface area (Å²) in [6.07, 6.45) is 0. The molecule has 0 saturated heterocycles. The molecule has 2 heterocycles. The van der Waals surface area contributed by atoms with Crippen LogP contribution in [-0.4, -0.2) is 35.7 Å². The minimum absolute atomic E-state index is 0.0784. The van der Waals surface area contributed by atoms with Crippen molar-refractivity contribution >= 4 is 37.5 Å². The van der Waals surface area contributed by atoms with Crippen LogP contribution in [0.3, 0.4) is 0 Å². The van der Waals surface area contributed by atoms with Crippen LogP contribution in [0.1, 0.15) is 13.8 Å². The number of methoxy groups -OCH3 is 2. The summed E-state index contributed by atoms with van der Waals surface area (Å²) in [6.45, 7) is 5.51. The highest BCUT2D eigenvalue weighted by atomic mass is 32.2. The first kappa shape index (κ1) is 23.4. The second kappa shape index (κ2) is 8.86. The number of nitrogens with zero attached hydrogens (tertiary/aromatic N) is 1. The van der Waals surface area contributed by atoms with Gasteiger partial charge in [-0.3, -0.25) is 0 Å². The van der Waals surface area contributed by atoms with Crippen molar-refractivity contribution in [2.24, 2.45) is 0 Å². The SMILES string of the molecule is CCN(CC)c1ccc2cc(S(=O)(=O)c3cc4c(OC)cc(OC)cc4oc3=O)c(=O)oc2c1. The number of fused-ring (bicyclic) bond motifs is 2. The molecular formula is C24H23NO8S. The van der Waals surface area contributed by atoms with Gasteiger partial charge in [-0.1, -0.05) is 0 Å². The van der Waals surface area contributed by atoms with E-state index in [0.29, 0.717) is 11.1 Å². The van der Waals surface area contributed by atoms with Gasteiger partial charge in [0.15, 0.2) is 9.79 Å². The van der Waals surface area contributed by atoms with Crippen LogP contribution in [-0.2, 0) is 9.84 Å². The van der Waals surface area contributed by atoms with Crippen LogP contribution in [0.15, 0.2) is 70.7 Å². The van der Waals surface area contributed by atoms with Crippen molar-refractivity contribution in [2.45, 2.75) is 23.6 Å². The molecular weight excluding hydrogens is 462 g/mol. The molecule has 34 heavy (non-hydrogen) atoms. The predicted octanol–water partition coefficient (Wildman–Crippen LogP) is 3.60. The third kappa shape index (κ3) is 3.90. The molecule has 10 heteroatoms. The summed E-state index contributed by atoms with van der Waals surface area (Å²) in [6, 6.07) is 10.5. The summed E-state index contributed by atoms with van der Waals surface area (Å²) in [4.78, 5) is 26.1. The molecule has 0 bridgehead atoms. The Hall–Kier alpha value is -3.79. The summed E-state index contributed by atoms with van der Waals surface area (Å²) < 4.78 is 47.8. The maximum absolute atomic E-state index is 13.4. The van der Waals surface area contributed by atoms with E-state index < -0.39 is 30.9 Å². The third-order valence-corrected chi connectivity index (χ3v) is 7.33. The van der Waals surface area contributed by atoms with Gasteiger partial charge in [0, 0.05) is 42.4 Å². The Morgan fingerprint density at radius 2 is 1.47 bits per heavy atom. The lowest BCUT2D eigenvalue weighted by Gasteiger charge is -2.21. The first-order chi connectivity index (χ1) is 16.2. The standard InChI is InChI=1S/C24H23NO8S/c1-5-25(6-2)15-8-7-14-9-21(23(26)32-18(14)10-15)34(28,29)22-13-17-19(31-4)11-16(30-3)12-20(17)33-24(22)27/h7-13H,5-6H2,1-4H3. The van der Waals surface area contributed by atoms with Gasteiger partial charge in [0.05, 0.1) is 19.6 Å². The van der Waals surface area contributed by atoms with Crippen LogP contribution in [0.5, 0.6) is 11.5 Å². The molecule has 4 aromatic rings. The second-order valence-corrected chi connectivity index (χ2v) is 9.32. The quantitative estimate of drug-likeness (QED) is 0.362. The van der Waals surface area contributed by atoms with E-state index >= 15 is 0 Å². The molecule has 178 valence electrons. The third-order valence-electron chi connectivity index (χ3n) is 5.61. The Kier molecular flexibility index (Phi) is 6.09. The van der Waals surface area contributed by atoms with Crippen molar-refractivity contribution in [1.82, 2.24) is 0 Å². The van der Waals surface area contributed by atoms with Crippen molar-refractivity contribution < 1.29 is 26.7 Å². The van der Waals surface area contributed by atoms with E-state index in [1.54, 1.807) is 12.1 Å². The number of hydrogen-bond acceptors (Lipinski definition) is 9. The lowest BCUT2D eigenvalue weighted by molar-refractivity contribution is 0.395. The number of benzene rings is 2. The van der Waals surface area contributed by atoms with E-state index in [1.807, 2.05) is 19.9 Å². The van der Waals surface area contributed by atoms with Crippen LogP contribution in [0, 0.1) is 0 Å². The molecule has 0 radical (unpaired) electrons. The van der Waals surface area contributed by atoms with Crippen LogP contribution in [0.25, 0.3) is 21.9 Å². The lowest BCUT2D eigenvalue weighted by Crippen LogP contribution is -2.22. The fraction of sp³-hybridized carbons (Fsp3) is 0.250. The van der Waals surface area contributed by atoms with Crippen LogP contribution in [0.2, 0.25) is 0 Å². The number of ether oxygens (including phenoxy) is 2. The molecule has 0 atom stereocenters. The van der Waals surface area contributed by atoms with Crippen molar-refractivity contribution in [1.29, 1.82) is 0 Å². The fourth-order valence-electron chi connectivity index (χ4n) is 3.79. The summed E-state index contributed by atoms with van der Waals surface area (Å²) in [5, 5.41) is 0.636. The summed E-state index contributed by atoms with van der Waals surface area (Å²) >= 11 is 0. The molecule has 0 amide bonds. The Labute approximate surface area is 195 Å². The Balaban J connectivity index is 1.90. The van der Waals surface area contributed by atoms with Gasteiger partial charge in [-0.05, 0) is 38.1 Å². The predicted molar refractivity (Wildman–Crippen MR) is 127 cm³/mol. The van der Waals surface area contributed by atoms with Crippen LogP contribution >= 0.6 is 0 Å². The van der Waals surface area contributed by atoms with Gasteiger partial charge >= 0.3 is 11.3 Å². The molecule has 4 rings (SSSR count). The molecule has 0 N–H and O–H groups in total. The summed E-state index contributed by atoms with van der Waals surface area (Å²) in [5.74, 6) is 0.603. The summed E-state index contributed by atoms with van der Waals surface area (Å²) in [7, 11) is -1.75. The maximum Gasteiger partial charge on any atom is 0.355 e. The smallest absolute Gasteiger partial charge is 0.355 e. The maximum atomic E-state index is 13.4. The van der Waals surface area contributed by atoms with Crippen molar-refractivity contribution in [3.8, 4) is 11.5 Å². The van der Waals surface area contributed by atoms with Crippen molar-refractivity contribution in [2.75, 3.05) is 32.2 Å². The highest BCUT2D eigenvalue weighted by Crippen LogP contribution is 2.32. The zero-order chi connectivity index (χ0) is 24.6. The van der Waals surface area contributed by atoms with E-state index in [2.05, 4.69) is 4.90 Å². The monoisotopic (exact) mass is 485 g/mol. The first-order valence-corrected chi connectivity index (χ1v) is 12.0. The van der Waals surface area contributed by atoms with E-state index in [1.165, 1.54) is 32.4 Å². The normalized spacial score (nSPS) is 11.6. The average molecular weight is 486 g/mol. The number of anilines is 1. The largest absolute Gasteiger partial charge is 0.496 e. The molecule has 0 aliphatic carbocycles. The van der Waals surface area contributed by atoms with Crippen molar-refractivity contribution in [3.05, 3.63) is 63.3 Å². The molecule has 9 nitrogen and oxygen atoms in total. The minimum Gasteiger partial charge on any atom is -0.496 e. The van der Waals surface area contributed by atoms with Crippen LogP contribution in [0.4, 0.5) is 5.69 Å². The minimum atomic E-state index is -4.57. The van der Waals surface area contributed by atoms with Gasteiger partial charge in [0.25, 0.3) is 0 Å². The molecule has 0 aliphatic heterocycles. The van der Waals surface area contributed by atoms with Gasteiger partial charge in [0.2, 0.25) is 9.84 Å². The molecule has 0 fully saturated rings. The number of hydrogen-bond donors (Lipinski definition) is 0. The molecule has 0 unspecified atom stereocenters. The van der Waals surface area contributed by atoms with Gasteiger partial charge in [0.1, 0.15) is 22.7 Å². The summed E-state index contributed by atoms with van der Waals surface area (Å²) in [5.41, 5.74) is -1.04. The fourth-order valence-corrected chi connectivity index (χ4v) is 5.10. The van der Waals surface area contributed by atoms with Gasteiger partial charge in [-0.15, -0.1) is 0 Å². The highest BCUT2D eigenvalue weighted by molar-refractivity contribution is 7.91. The molecule has 0 spiro atoms. The van der Waals surface area contributed by atoms with E-state index in [9.17, 15) is 18.0 Å². The molecule has 0 aliphatic rings. The lowest BCUT2D eigenvalue weighted by atomic mass is 10.2. The van der Waals surface area contributed by atoms with Crippen molar-refractivity contribution in [3.63, 3.8) is 0 Å². The van der Waals surface area contributed by atoms with Gasteiger partial charge in [-0.25, -0.2) is 18.0 Å². The number of rotatable bonds is 7. The topological polar surface area (TPSA) is 116 Å². The molecule has 0 saturated carbocycles. The zero-order valence-electron chi connectivity index (χ0n) is 19.1. The first-order valence-electron chi connectivity index (χ1n) is 10.5. The molecule has 2 aromatic carbocycles. The Morgan fingerprint density at radius 1 is 0.824 bits per heavy atom. The number of sulfone groups is 1. The zero-order valence-corrected chi connectivity index (χ0v) is 19.9. The van der Waals surface area contributed by atoms with E-state index in [-0.39, 0.29) is 22.3 Å². The van der Waals surface area contributed by atoms with E-state index in [0.717, 1.165) is 24.8 Å². The molecule has 2 aromatic heterocycles.